The number of hydrogen-bond acceptors (Lipinski definition) is 4. The molecular formula is C22H26ClN5. The lowest BCUT2D eigenvalue weighted by atomic mass is 9.75. The van der Waals surface area contributed by atoms with E-state index in [9.17, 15) is 0 Å². The van der Waals surface area contributed by atoms with E-state index in [1.165, 1.54) is 36.9 Å². The fourth-order valence-corrected chi connectivity index (χ4v) is 5.25. The monoisotopic (exact) mass is 395 g/mol. The first-order valence-corrected chi connectivity index (χ1v) is 10.6. The highest BCUT2D eigenvalue weighted by atomic mass is 35.5. The van der Waals surface area contributed by atoms with Gasteiger partial charge in [-0.2, -0.15) is 0 Å². The Morgan fingerprint density at radius 1 is 1.07 bits per heavy atom. The van der Waals surface area contributed by atoms with E-state index in [1.807, 2.05) is 12.3 Å². The molecule has 5 nitrogen and oxygen atoms in total. The van der Waals surface area contributed by atoms with Gasteiger partial charge in [0.25, 0.3) is 0 Å². The highest BCUT2D eigenvalue weighted by Gasteiger charge is 2.32. The van der Waals surface area contributed by atoms with Crippen LogP contribution in [0.2, 0.25) is 5.02 Å². The molecule has 3 heterocycles. The number of hydrogen-bond donors (Lipinski definition) is 0. The second-order valence-electron chi connectivity index (χ2n) is 8.43. The van der Waals surface area contributed by atoms with Crippen LogP contribution in [0.5, 0.6) is 0 Å². The van der Waals surface area contributed by atoms with Gasteiger partial charge in [0.1, 0.15) is 5.82 Å². The van der Waals surface area contributed by atoms with Crippen LogP contribution in [0, 0.1) is 11.8 Å². The van der Waals surface area contributed by atoms with E-state index in [1.54, 1.807) is 0 Å². The van der Waals surface area contributed by atoms with Crippen molar-refractivity contribution >= 4 is 17.8 Å². The van der Waals surface area contributed by atoms with E-state index < -0.39 is 0 Å². The Bertz CT molecular complexity index is 923. The first kappa shape index (κ1) is 18.1. The molecule has 146 valence electrons. The summed E-state index contributed by atoms with van der Waals surface area (Å²) >= 11 is 6.28. The van der Waals surface area contributed by atoms with Crippen molar-refractivity contribution in [1.82, 2.24) is 19.7 Å². The number of dihydropyridines is 1. The molecule has 2 aromatic rings. The zero-order valence-electron chi connectivity index (χ0n) is 16.3. The lowest BCUT2D eigenvalue weighted by Crippen LogP contribution is -2.24. The summed E-state index contributed by atoms with van der Waals surface area (Å²) < 4.78 is 2.31. The molecule has 6 heteroatoms. The van der Waals surface area contributed by atoms with E-state index >= 15 is 0 Å². The largest absolute Gasteiger partial charge is 0.295 e. The van der Waals surface area contributed by atoms with E-state index in [2.05, 4.69) is 56.0 Å². The molecule has 1 saturated carbocycles. The van der Waals surface area contributed by atoms with Gasteiger partial charge in [0.15, 0.2) is 5.82 Å². The number of rotatable bonds is 2. The average Bonchev–Trinajstić information content (AvgIpc) is 3.06. The number of aromatic nitrogens is 3. The van der Waals surface area contributed by atoms with Crippen LogP contribution < -0.4 is 0 Å². The third kappa shape index (κ3) is 3.31. The molecule has 28 heavy (non-hydrogen) atoms. The Labute approximate surface area is 171 Å². The summed E-state index contributed by atoms with van der Waals surface area (Å²) in [6.07, 6.45) is 11.2. The van der Waals surface area contributed by atoms with Crippen LogP contribution in [0.25, 0.3) is 5.69 Å². The number of nitrogens with zero attached hydrogens (tertiary/aromatic N) is 5. The smallest absolute Gasteiger partial charge is 0.151 e. The van der Waals surface area contributed by atoms with Crippen LogP contribution >= 0.6 is 11.6 Å². The molecule has 1 aromatic carbocycles. The lowest BCUT2D eigenvalue weighted by molar-refractivity contribution is 0.263. The van der Waals surface area contributed by atoms with Gasteiger partial charge in [0, 0.05) is 30.2 Å². The zero-order chi connectivity index (χ0) is 19.1. The van der Waals surface area contributed by atoms with Crippen LogP contribution in [0.3, 0.4) is 0 Å². The minimum absolute atomic E-state index is 0.473. The summed E-state index contributed by atoms with van der Waals surface area (Å²) in [6, 6.07) is 6.19. The number of allylic oxidation sites excluding steroid dienone is 1. The van der Waals surface area contributed by atoms with Gasteiger partial charge in [-0.1, -0.05) is 17.7 Å². The highest BCUT2D eigenvalue weighted by molar-refractivity contribution is 6.30. The maximum atomic E-state index is 6.28. The normalized spacial score (nSPS) is 27.3. The second-order valence-corrected chi connectivity index (χ2v) is 8.87. The van der Waals surface area contributed by atoms with Crippen LogP contribution in [0.4, 0.5) is 0 Å². The molecule has 1 fully saturated rings. The van der Waals surface area contributed by atoms with Crippen LogP contribution in [0.1, 0.15) is 48.8 Å². The SMILES string of the molecule is CN1Cc2cc(Cl)ccc2-n2c(nnc2C2CCC(C3C=CC=NC3)CC2)C1. The predicted molar refractivity (Wildman–Crippen MR) is 112 cm³/mol. The molecule has 0 saturated heterocycles. The van der Waals surface area contributed by atoms with Gasteiger partial charge in [-0.25, -0.2) is 0 Å². The van der Waals surface area contributed by atoms with Gasteiger partial charge < -0.3 is 0 Å². The Balaban J connectivity index is 1.42. The number of aliphatic imine (C=N–C) groups is 1. The topological polar surface area (TPSA) is 46.3 Å². The van der Waals surface area contributed by atoms with Crippen LogP contribution in [0.15, 0.2) is 35.3 Å². The fourth-order valence-electron chi connectivity index (χ4n) is 5.06. The third-order valence-corrected chi connectivity index (χ3v) is 6.73. The summed E-state index contributed by atoms with van der Waals surface area (Å²) in [5.74, 6) is 3.99. The van der Waals surface area contributed by atoms with E-state index in [0.717, 1.165) is 42.2 Å². The molecule has 0 bridgehead atoms. The maximum absolute atomic E-state index is 6.28. The Hall–Kier alpha value is -1.98. The summed E-state index contributed by atoms with van der Waals surface area (Å²) in [6.45, 7) is 2.63. The van der Waals surface area contributed by atoms with Crippen molar-refractivity contribution in [2.24, 2.45) is 16.8 Å². The lowest BCUT2D eigenvalue weighted by Gasteiger charge is -2.32. The standard InChI is InChI=1S/C22H26ClN5/c1-27-13-18-11-19(23)8-9-20(18)28-21(14-27)25-26-22(28)16-6-4-15(5-7-16)17-3-2-10-24-12-17/h2-3,8-11,15-17H,4-7,12-14H2,1H3. The Morgan fingerprint density at radius 2 is 1.93 bits per heavy atom. The van der Waals surface area contributed by atoms with E-state index in [0.29, 0.717) is 11.8 Å². The first-order chi connectivity index (χ1) is 13.7. The summed E-state index contributed by atoms with van der Waals surface area (Å²) in [5, 5.41) is 10.0. The zero-order valence-corrected chi connectivity index (χ0v) is 17.0. The van der Waals surface area contributed by atoms with Crippen molar-refractivity contribution in [3.8, 4) is 5.69 Å². The molecule has 3 aliphatic rings. The fraction of sp³-hybridized carbons (Fsp3) is 0.500. The average molecular weight is 396 g/mol. The molecule has 0 amide bonds. The van der Waals surface area contributed by atoms with E-state index in [4.69, 9.17) is 11.6 Å². The van der Waals surface area contributed by atoms with Crippen molar-refractivity contribution in [3.63, 3.8) is 0 Å². The predicted octanol–water partition coefficient (Wildman–Crippen LogP) is 4.40. The third-order valence-electron chi connectivity index (χ3n) is 6.50. The molecule has 0 spiro atoms. The van der Waals surface area contributed by atoms with Crippen LogP contribution in [-0.2, 0) is 13.1 Å². The van der Waals surface area contributed by atoms with Gasteiger partial charge in [-0.3, -0.25) is 14.5 Å². The second kappa shape index (κ2) is 7.45. The number of fused-ring (bicyclic) bond motifs is 3. The van der Waals surface area contributed by atoms with Crippen molar-refractivity contribution in [2.75, 3.05) is 13.6 Å². The summed E-state index contributed by atoms with van der Waals surface area (Å²) in [7, 11) is 2.13. The molecule has 5 rings (SSSR count). The van der Waals surface area contributed by atoms with E-state index in [-0.39, 0.29) is 0 Å². The maximum Gasteiger partial charge on any atom is 0.151 e. The number of halogens is 1. The summed E-state index contributed by atoms with van der Waals surface area (Å²) in [4.78, 5) is 6.73. The summed E-state index contributed by atoms with van der Waals surface area (Å²) in [5.41, 5.74) is 2.43. The van der Waals surface area contributed by atoms with Gasteiger partial charge in [-0.05, 0) is 74.4 Å². The highest BCUT2D eigenvalue weighted by Crippen LogP contribution is 2.40. The minimum Gasteiger partial charge on any atom is -0.295 e. The van der Waals surface area contributed by atoms with Crippen molar-refractivity contribution in [2.45, 2.75) is 44.7 Å². The Kier molecular flexibility index (Phi) is 4.81. The van der Waals surface area contributed by atoms with Gasteiger partial charge >= 0.3 is 0 Å². The van der Waals surface area contributed by atoms with Crippen molar-refractivity contribution < 1.29 is 0 Å². The molecule has 2 aliphatic heterocycles. The molecule has 0 radical (unpaired) electrons. The van der Waals surface area contributed by atoms with Crippen LogP contribution in [-0.4, -0.2) is 39.5 Å². The number of benzene rings is 1. The molecule has 1 aromatic heterocycles. The van der Waals surface area contributed by atoms with Crippen molar-refractivity contribution in [3.05, 3.63) is 52.6 Å². The van der Waals surface area contributed by atoms with Gasteiger partial charge in [-0.15, -0.1) is 10.2 Å². The van der Waals surface area contributed by atoms with Gasteiger partial charge in [0.05, 0.1) is 12.2 Å². The first-order valence-electron chi connectivity index (χ1n) is 10.3. The Morgan fingerprint density at radius 3 is 2.71 bits per heavy atom. The molecule has 1 unspecified atom stereocenters. The van der Waals surface area contributed by atoms with Crippen molar-refractivity contribution in [1.29, 1.82) is 0 Å². The quantitative estimate of drug-likeness (QED) is 0.757. The molecule has 1 atom stereocenters. The minimum atomic E-state index is 0.473. The molecule has 0 N–H and O–H groups in total. The van der Waals surface area contributed by atoms with Gasteiger partial charge in [0.2, 0.25) is 0 Å². The molecular weight excluding hydrogens is 370 g/mol. The molecule has 1 aliphatic carbocycles.